The van der Waals surface area contributed by atoms with E-state index in [0.29, 0.717) is 22.5 Å². The molecule has 1 amide bonds. The van der Waals surface area contributed by atoms with Gasteiger partial charge in [0.25, 0.3) is 0 Å². The Balaban J connectivity index is 1.75. The Morgan fingerprint density at radius 1 is 0.972 bits per heavy atom. The molecule has 0 bridgehead atoms. The second-order valence-electron chi connectivity index (χ2n) is 8.33. The summed E-state index contributed by atoms with van der Waals surface area (Å²) in [6, 6.07) is 14.5. The molecule has 0 radical (unpaired) electrons. The molecule has 36 heavy (non-hydrogen) atoms. The first-order valence-corrected chi connectivity index (χ1v) is 12.0. The van der Waals surface area contributed by atoms with E-state index < -0.39 is 29.7 Å². The Bertz CT molecular complexity index is 1400. The van der Waals surface area contributed by atoms with Gasteiger partial charge >= 0.3 is 11.9 Å². The fourth-order valence-electron chi connectivity index (χ4n) is 4.41. The van der Waals surface area contributed by atoms with Crippen molar-refractivity contribution in [2.75, 3.05) is 14.2 Å². The summed E-state index contributed by atoms with van der Waals surface area (Å²) in [5, 5.41) is 2.70. The number of benzene rings is 2. The molecule has 2 aromatic carbocycles. The third-order valence-corrected chi connectivity index (χ3v) is 7.04. The second-order valence-corrected chi connectivity index (χ2v) is 9.19. The van der Waals surface area contributed by atoms with Gasteiger partial charge in [-0.3, -0.25) is 14.6 Å². The van der Waals surface area contributed by atoms with Crippen LogP contribution in [0.5, 0.6) is 0 Å². The highest BCUT2D eigenvalue weighted by Crippen LogP contribution is 2.41. The number of amides is 1. The number of allylic oxidation sites excluding steroid dienone is 1. The molecule has 184 valence electrons. The largest absolute Gasteiger partial charge is 0.468 e. The summed E-state index contributed by atoms with van der Waals surface area (Å²) in [6.45, 7) is 3.49. The van der Waals surface area contributed by atoms with Gasteiger partial charge in [-0.05, 0) is 37.6 Å². The normalized spacial score (nSPS) is 17.4. The highest BCUT2D eigenvalue weighted by Gasteiger charge is 2.42. The number of primary amides is 1. The van der Waals surface area contributed by atoms with E-state index in [1.54, 1.807) is 38.1 Å². The molecule has 0 fully saturated rings. The molecule has 2 atom stereocenters. The summed E-state index contributed by atoms with van der Waals surface area (Å²) in [4.78, 5) is 46.1. The van der Waals surface area contributed by atoms with E-state index in [9.17, 15) is 14.4 Å². The second kappa shape index (κ2) is 10.2. The predicted molar refractivity (Wildman–Crippen MR) is 138 cm³/mol. The standard InChI is InChI=1S/C27H25N3O5S/c1-14-21(26(32)34-3)23(22(15(2)29-14)27(33)35-4)18-6-5-7-19(12-18)25-30-20(13-36-25)16-8-10-17(11-9-16)24(28)31/h5-13,21,23H,1-4H3,(H2,28,31). The number of thiazole rings is 1. The lowest BCUT2D eigenvalue weighted by Gasteiger charge is -2.31. The van der Waals surface area contributed by atoms with Crippen LogP contribution in [0.1, 0.15) is 35.7 Å². The maximum absolute atomic E-state index is 12.8. The van der Waals surface area contributed by atoms with Crippen LogP contribution in [0.3, 0.4) is 0 Å². The van der Waals surface area contributed by atoms with E-state index in [4.69, 9.17) is 20.2 Å². The molecule has 0 aliphatic carbocycles. The Labute approximate surface area is 212 Å². The van der Waals surface area contributed by atoms with Crippen molar-refractivity contribution in [2.24, 2.45) is 16.6 Å². The molecule has 0 spiro atoms. The molecule has 8 nitrogen and oxygen atoms in total. The summed E-state index contributed by atoms with van der Waals surface area (Å²) in [7, 11) is 2.63. The van der Waals surface area contributed by atoms with Crippen molar-refractivity contribution in [1.82, 2.24) is 4.98 Å². The van der Waals surface area contributed by atoms with Crippen LogP contribution >= 0.6 is 11.3 Å². The molecule has 2 heterocycles. The van der Waals surface area contributed by atoms with E-state index in [1.807, 2.05) is 29.6 Å². The molecule has 2 unspecified atom stereocenters. The fraction of sp³-hybridized carbons (Fsp3) is 0.222. The maximum atomic E-state index is 12.8. The minimum atomic E-state index is -0.765. The van der Waals surface area contributed by atoms with Crippen molar-refractivity contribution in [1.29, 1.82) is 0 Å². The molecule has 1 aliphatic heterocycles. The summed E-state index contributed by atoms with van der Waals surface area (Å²) >= 11 is 1.47. The van der Waals surface area contributed by atoms with Crippen molar-refractivity contribution >= 4 is 34.9 Å². The zero-order chi connectivity index (χ0) is 26.0. The van der Waals surface area contributed by atoms with Gasteiger partial charge in [0.05, 0.1) is 25.5 Å². The Kier molecular flexibility index (Phi) is 7.12. The lowest BCUT2D eigenvalue weighted by Crippen LogP contribution is -2.36. The van der Waals surface area contributed by atoms with Crippen molar-refractivity contribution < 1.29 is 23.9 Å². The molecular formula is C27H25N3O5S. The van der Waals surface area contributed by atoms with Gasteiger partial charge in [0.15, 0.2) is 0 Å². The van der Waals surface area contributed by atoms with Gasteiger partial charge in [0.2, 0.25) is 5.91 Å². The fourth-order valence-corrected chi connectivity index (χ4v) is 5.24. The van der Waals surface area contributed by atoms with Crippen molar-refractivity contribution in [3.05, 3.63) is 76.3 Å². The van der Waals surface area contributed by atoms with Crippen LogP contribution in [0.25, 0.3) is 21.8 Å². The number of nitrogens with two attached hydrogens (primary N) is 1. The molecule has 4 rings (SSSR count). The van der Waals surface area contributed by atoms with E-state index in [0.717, 1.165) is 27.4 Å². The molecule has 1 aliphatic rings. The number of hydrogen-bond acceptors (Lipinski definition) is 8. The highest BCUT2D eigenvalue weighted by atomic mass is 32.1. The number of carbonyl (C=O) groups excluding carboxylic acids is 3. The summed E-state index contributed by atoms with van der Waals surface area (Å²) in [5.74, 6) is -2.89. The number of aromatic nitrogens is 1. The molecule has 9 heteroatoms. The van der Waals surface area contributed by atoms with Gasteiger partial charge in [-0.15, -0.1) is 11.3 Å². The number of rotatable bonds is 6. The molecule has 3 aromatic rings. The zero-order valence-corrected chi connectivity index (χ0v) is 21.1. The minimum Gasteiger partial charge on any atom is -0.468 e. The summed E-state index contributed by atoms with van der Waals surface area (Å²) in [5.41, 5.74) is 10.4. The highest BCUT2D eigenvalue weighted by molar-refractivity contribution is 7.13. The van der Waals surface area contributed by atoms with Crippen LogP contribution in [-0.2, 0) is 19.1 Å². The monoisotopic (exact) mass is 503 g/mol. The average Bonchev–Trinajstić information content (AvgIpc) is 3.38. The smallest absolute Gasteiger partial charge is 0.336 e. The van der Waals surface area contributed by atoms with Gasteiger partial charge < -0.3 is 15.2 Å². The zero-order valence-electron chi connectivity index (χ0n) is 20.3. The third kappa shape index (κ3) is 4.70. The number of methoxy groups -OCH3 is 2. The van der Waals surface area contributed by atoms with Crippen LogP contribution in [0.4, 0.5) is 0 Å². The average molecular weight is 504 g/mol. The Morgan fingerprint density at radius 2 is 1.69 bits per heavy atom. The molecule has 1 aromatic heterocycles. The van der Waals surface area contributed by atoms with Crippen LogP contribution in [0.2, 0.25) is 0 Å². The molecule has 2 N–H and O–H groups in total. The number of aliphatic imine (C=N–C) groups is 1. The third-order valence-electron chi connectivity index (χ3n) is 6.15. The number of nitrogens with zero attached hydrogens (tertiary/aromatic N) is 2. The van der Waals surface area contributed by atoms with Crippen LogP contribution in [0, 0.1) is 5.92 Å². The predicted octanol–water partition coefficient (Wildman–Crippen LogP) is 4.37. The van der Waals surface area contributed by atoms with Gasteiger partial charge in [0, 0.05) is 39.4 Å². The van der Waals surface area contributed by atoms with Gasteiger partial charge in [-0.1, -0.05) is 30.3 Å². The van der Waals surface area contributed by atoms with Gasteiger partial charge in [-0.2, -0.15) is 0 Å². The molecule has 0 saturated carbocycles. The SMILES string of the molecule is COC(=O)C1=C(C)N=C(C)C(C(=O)OC)C1c1cccc(-c2nc(-c3ccc(C(N)=O)cc3)cs2)c1. The number of esters is 2. The number of carbonyl (C=O) groups is 3. The Hall–Kier alpha value is -4.11. The van der Waals surface area contributed by atoms with Crippen molar-refractivity contribution in [3.8, 4) is 21.8 Å². The van der Waals surface area contributed by atoms with Crippen molar-refractivity contribution in [2.45, 2.75) is 19.8 Å². The van der Waals surface area contributed by atoms with Crippen LogP contribution in [0.15, 0.2) is 70.2 Å². The first kappa shape index (κ1) is 25.0. The number of hydrogen-bond donors (Lipinski definition) is 1. The molecule has 0 saturated heterocycles. The van der Waals surface area contributed by atoms with Crippen molar-refractivity contribution in [3.63, 3.8) is 0 Å². The van der Waals surface area contributed by atoms with Crippen LogP contribution < -0.4 is 5.73 Å². The van der Waals surface area contributed by atoms with E-state index in [1.165, 1.54) is 25.6 Å². The first-order chi connectivity index (χ1) is 17.2. The topological polar surface area (TPSA) is 121 Å². The van der Waals surface area contributed by atoms with Gasteiger partial charge in [0.1, 0.15) is 10.9 Å². The van der Waals surface area contributed by atoms with E-state index in [2.05, 4.69) is 4.99 Å². The lowest BCUT2D eigenvalue weighted by atomic mass is 9.75. The minimum absolute atomic E-state index is 0.324. The Morgan fingerprint density at radius 3 is 2.33 bits per heavy atom. The quantitative estimate of drug-likeness (QED) is 0.499. The molecular weight excluding hydrogens is 478 g/mol. The van der Waals surface area contributed by atoms with Crippen LogP contribution in [-0.4, -0.2) is 42.8 Å². The number of ether oxygens (including phenoxy) is 2. The summed E-state index contributed by atoms with van der Waals surface area (Å²) < 4.78 is 10.1. The maximum Gasteiger partial charge on any atom is 0.336 e. The lowest BCUT2D eigenvalue weighted by molar-refractivity contribution is -0.143. The van der Waals surface area contributed by atoms with E-state index in [-0.39, 0.29) is 0 Å². The van der Waals surface area contributed by atoms with E-state index >= 15 is 0 Å². The van der Waals surface area contributed by atoms with Gasteiger partial charge in [-0.25, -0.2) is 9.78 Å². The summed E-state index contributed by atoms with van der Waals surface area (Å²) in [6.07, 6.45) is 0. The first-order valence-electron chi connectivity index (χ1n) is 11.1.